The Bertz CT molecular complexity index is 436. The number of hydrogen-bond donors (Lipinski definition) is 3. The first-order chi connectivity index (χ1) is 7.43. The van der Waals surface area contributed by atoms with Crippen molar-refractivity contribution in [2.45, 2.75) is 13.0 Å². The summed E-state index contributed by atoms with van der Waals surface area (Å²) in [7, 11) is 0. The summed E-state index contributed by atoms with van der Waals surface area (Å²) in [4.78, 5) is 25.7. The van der Waals surface area contributed by atoms with E-state index < -0.39 is 23.7 Å². The number of nitrogen functional groups attached to an aromatic ring is 1. The number of pyridine rings is 1. The Kier molecular flexibility index (Phi) is 3.39. The molecule has 16 heavy (non-hydrogen) atoms. The lowest BCUT2D eigenvalue weighted by atomic mass is 10.2. The summed E-state index contributed by atoms with van der Waals surface area (Å²) in [5, 5.41) is 2.23. The molecule has 0 aliphatic rings. The van der Waals surface area contributed by atoms with E-state index in [9.17, 15) is 14.0 Å². The zero-order chi connectivity index (χ0) is 12.3. The van der Waals surface area contributed by atoms with Gasteiger partial charge in [-0.1, -0.05) is 0 Å². The van der Waals surface area contributed by atoms with Crippen LogP contribution in [0.3, 0.4) is 0 Å². The largest absolute Gasteiger partial charge is 0.381 e. The van der Waals surface area contributed by atoms with Crippen LogP contribution in [0.4, 0.5) is 10.2 Å². The fraction of sp³-hybridized carbons (Fsp3) is 0.222. The summed E-state index contributed by atoms with van der Waals surface area (Å²) in [5.41, 5.74) is 9.86. The molecule has 0 saturated heterocycles. The monoisotopic (exact) mass is 226 g/mol. The van der Waals surface area contributed by atoms with E-state index in [4.69, 9.17) is 11.5 Å². The molecular weight excluding hydrogens is 215 g/mol. The number of hydrogen-bond acceptors (Lipinski definition) is 4. The highest BCUT2D eigenvalue weighted by Crippen LogP contribution is 2.11. The van der Waals surface area contributed by atoms with Gasteiger partial charge < -0.3 is 16.8 Å². The van der Waals surface area contributed by atoms with Crippen LogP contribution in [0.5, 0.6) is 0 Å². The van der Waals surface area contributed by atoms with Gasteiger partial charge in [-0.2, -0.15) is 0 Å². The number of nitrogens with one attached hydrogen (secondary N) is 1. The molecular formula is C9H11FN4O2. The molecule has 2 amide bonds. The fourth-order valence-electron chi connectivity index (χ4n) is 0.981. The van der Waals surface area contributed by atoms with Gasteiger partial charge in [-0.25, -0.2) is 9.37 Å². The minimum Gasteiger partial charge on any atom is -0.381 e. The third-order valence-corrected chi connectivity index (χ3v) is 1.94. The Hall–Kier alpha value is -2.18. The van der Waals surface area contributed by atoms with Gasteiger partial charge in [0.25, 0.3) is 5.91 Å². The standard InChI is InChI=1S/C9H11FN4O2/c1-4(8(12)15)14-9(16)5-2-3-13-7(11)6(5)10/h2-4H,1H3,(H2,11,13)(H2,12,15)(H,14,16). The summed E-state index contributed by atoms with van der Waals surface area (Å²) in [6.07, 6.45) is 1.20. The van der Waals surface area contributed by atoms with Gasteiger partial charge in [0.15, 0.2) is 11.6 Å². The number of carbonyl (C=O) groups excluding carboxylic acids is 2. The van der Waals surface area contributed by atoms with E-state index in [0.29, 0.717) is 0 Å². The zero-order valence-electron chi connectivity index (χ0n) is 8.53. The van der Waals surface area contributed by atoms with Crippen molar-refractivity contribution in [1.82, 2.24) is 10.3 Å². The minimum atomic E-state index is -0.920. The molecule has 0 spiro atoms. The zero-order valence-corrected chi connectivity index (χ0v) is 8.53. The number of carbonyl (C=O) groups is 2. The van der Waals surface area contributed by atoms with Crippen molar-refractivity contribution in [3.63, 3.8) is 0 Å². The fourth-order valence-corrected chi connectivity index (χ4v) is 0.981. The summed E-state index contributed by atoms with van der Waals surface area (Å²) in [5.74, 6) is -2.77. The maximum Gasteiger partial charge on any atom is 0.255 e. The van der Waals surface area contributed by atoms with Crippen LogP contribution in [-0.2, 0) is 4.79 Å². The average Bonchev–Trinajstić information content (AvgIpc) is 2.21. The molecule has 1 aromatic rings. The van der Waals surface area contributed by atoms with Crippen LogP contribution in [0.2, 0.25) is 0 Å². The maximum atomic E-state index is 13.3. The van der Waals surface area contributed by atoms with E-state index >= 15 is 0 Å². The van der Waals surface area contributed by atoms with Gasteiger partial charge in [-0.3, -0.25) is 9.59 Å². The predicted octanol–water partition coefficient (Wildman–Crippen LogP) is -0.593. The number of primary amides is 1. The SMILES string of the molecule is CC(NC(=O)c1ccnc(N)c1F)C(N)=O. The molecule has 0 aliphatic carbocycles. The lowest BCUT2D eigenvalue weighted by molar-refractivity contribution is -0.119. The second kappa shape index (κ2) is 4.56. The Morgan fingerprint density at radius 3 is 2.75 bits per heavy atom. The van der Waals surface area contributed by atoms with E-state index in [-0.39, 0.29) is 11.4 Å². The summed E-state index contributed by atoms with van der Waals surface area (Å²) in [6, 6.07) is 0.274. The Labute approximate surface area is 90.8 Å². The summed E-state index contributed by atoms with van der Waals surface area (Å²) < 4.78 is 13.3. The van der Waals surface area contributed by atoms with Crippen molar-refractivity contribution in [3.8, 4) is 0 Å². The molecule has 1 aromatic heterocycles. The second-order valence-electron chi connectivity index (χ2n) is 3.16. The molecule has 1 rings (SSSR count). The highest BCUT2D eigenvalue weighted by atomic mass is 19.1. The van der Waals surface area contributed by atoms with Crippen molar-refractivity contribution in [2.24, 2.45) is 5.73 Å². The molecule has 0 aliphatic heterocycles. The van der Waals surface area contributed by atoms with Crippen LogP contribution in [0, 0.1) is 5.82 Å². The number of halogens is 1. The first-order valence-corrected chi connectivity index (χ1v) is 4.43. The van der Waals surface area contributed by atoms with Gasteiger partial charge >= 0.3 is 0 Å². The van der Waals surface area contributed by atoms with Crippen molar-refractivity contribution in [1.29, 1.82) is 0 Å². The topological polar surface area (TPSA) is 111 Å². The van der Waals surface area contributed by atoms with Gasteiger partial charge in [-0.05, 0) is 13.0 Å². The van der Waals surface area contributed by atoms with Gasteiger partial charge in [-0.15, -0.1) is 0 Å². The van der Waals surface area contributed by atoms with Crippen LogP contribution in [-0.4, -0.2) is 22.8 Å². The average molecular weight is 226 g/mol. The molecule has 6 nitrogen and oxygen atoms in total. The quantitative estimate of drug-likeness (QED) is 0.639. The number of amides is 2. The van der Waals surface area contributed by atoms with Crippen LogP contribution >= 0.6 is 0 Å². The molecule has 0 radical (unpaired) electrons. The number of nitrogens with zero attached hydrogens (tertiary/aromatic N) is 1. The molecule has 5 N–H and O–H groups in total. The van der Waals surface area contributed by atoms with Crippen molar-refractivity contribution in [3.05, 3.63) is 23.6 Å². The number of rotatable bonds is 3. The Morgan fingerprint density at radius 1 is 1.56 bits per heavy atom. The minimum absolute atomic E-state index is 0.277. The van der Waals surface area contributed by atoms with Crippen molar-refractivity contribution < 1.29 is 14.0 Å². The normalized spacial score (nSPS) is 11.9. The number of anilines is 1. The van der Waals surface area contributed by atoms with Gasteiger partial charge in [0.2, 0.25) is 5.91 Å². The van der Waals surface area contributed by atoms with Gasteiger partial charge in [0.05, 0.1) is 5.56 Å². The predicted molar refractivity (Wildman–Crippen MR) is 54.7 cm³/mol. The second-order valence-corrected chi connectivity index (χ2v) is 3.16. The lowest BCUT2D eigenvalue weighted by Gasteiger charge is -2.10. The number of aromatic nitrogens is 1. The molecule has 0 bridgehead atoms. The molecule has 0 fully saturated rings. The summed E-state index contributed by atoms with van der Waals surface area (Å²) >= 11 is 0. The number of nitrogens with two attached hydrogens (primary N) is 2. The smallest absolute Gasteiger partial charge is 0.255 e. The van der Waals surface area contributed by atoms with Crippen LogP contribution in [0.25, 0.3) is 0 Å². The molecule has 1 atom stereocenters. The van der Waals surface area contributed by atoms with Gasteiger partial charge in [0.1, 0.15) is 6.04 Å². The van der Waals surface area contributed by atoms with Crippen LogP contribution in [0.1, 0.15) is 17.3 Å². The van der Waals surface area contributed by atoms with Crippen LogP contribution in [0.15, 0.2) is 12.3 Å². The first-order valence-electron chi connectivity index (χ1n) is 4.43. The van der Waals surface area contributed by atoms with Gasteiger partial charge in [0, 0.05) is 6.20 Å². The van der Waals surface area contributed by atoms with Crippen molar-refractivity contribution >= 4 is 17.6 Å². The first kappa shape index (κ1) is 11.9. The third kappa shape index (κ3) is 2.44. The van der Waals surface area contributed by atoms with Crippen molar-refractivity contribution in [2.75, 3.05) is 5.73 Å². The molecule has 1 unspecified atom stereocenters. The summed E-state index contributed by atoms with van der Waals surface area (Å²) in [6.45, 7) is 1.39. The van der Waals surface area contributed by atoms with E-state index in [1.807, 2.05) is 0 Å². The molecule has 1 heterocycles. The van der Waals surface area contributed by atoms with E-state index in [1.165, 1.54) is 13.1 Å². The Morgan fingerprint density at radius 2 is 2.19 bits per heavy atom. The highest BCUT2D eigenvalue weighted by molar-refractivity contribution is 5.97. The van der Waals surface area contributed by atoms with E-state index in [1.54, 1.807) is 0 Å². The van der Waals surface area contributed by atoms with E-state index in [2.05, 4.69) is 10.3 Å². The lowest BCUT2D eigenvalue weighted by Crippen LogP contribution is -2.42. The molecule has 0 saturated carbocycles. The maximum absolute atomic E-state index is 13.3. The van der Waals surface area contributed by atoms with Crippen LogP contribution < -0.4 is 16.8 Å². The third-order valence-electron chi connectivity index (χ3n) is 1.94. The molecule has 0 aromatic carbocycles. The molecule has 7 heteroatoms. The highest BCUT2D eigenvalue weighted by Gasteiger charge is 2.18. The van der Waals surface area contributed by atoms with E-state index in [0.717, 1.165) is 6.07 Å². The Balaban J connectivity index is 2.89. The molecule has 86 valence electrons.